The van der Waals surface area contributed by atoms with Crippen LogP contribution < -0.4 is 0 Å². The third kappa shape index (κ3) is 1.95. The second-order valence-electron chi connectivity index (χ2n) is 5.21. The summed E-state index contributed by atoms with van der Waals surface area (Å²) in [5, 5.41) is 14.9. The highest BCUT2D eigenvalue weighted by Gasteiger charge is 2.11. The van der Waals surface area contributed by atoms with E-state index in [1.807, 2.05) is 36.1 Å². The highest BCUT2D eigenvalue weighted by atomic mass is 16.3. The molecule has 0 aliphatic rings. The lowest BCUT2D eigenvalue weighted by atomic mass is 10.0. The molecule has 0 radical (unpaired) electrons. The van der Waals surface area contributed by atoms with Gasteiger partial charge in [0.15, 0.2) is 0 Å². The van der Waals surface area contributed by atoms with E-state index in [9.17, 15) is 5.11 Å². The standard InChI is InChI=1S/C17H14N4O/c1-21-16(5-6-20-21)15-10-19-17-14(15)8-12(9-18-17)11-3-2-4-13(22)7-11/h2-10,22H,1H3,(H,18,19). The fraction of sp³-hybridized carbons (Fsp3) is 0.0588. The smallest absolute Gasteiger partial charge is 0.137 e. The van der Waals surface area contributed by atoms with Crippen LogP contribution in [0.3, 0.4) is 0 Å². The van der Waals surface area contributed by atoms with Crippen LogP contribution in [0.2, 0.25) is 0 Å². The number of nitrogens with zero attached hydrogens (tertiary/aromatic N) is 3. The quantitative estimate of drug-likeness (QED) is 0.595. The minimum absolute atomic E-state index is 0.249. The van der Waals surface area contributed by atoms with Gasteiger partial charge in [-0.15, -0.1) is 0 Å². The molecule has 5 nitrogen and oxygen atoms in total. The van der Waals surface area contributed by atoms with Crippen molar-refractivity contribution < 1.29 is 5.11 Å². The minimum Gasteiger partial charge on any atom is -0.508 e. The first-order valence-electron chi connectivity index (χ1n) is 6.97. The number of benzene rings is 1. The van der Waals surface area contributed by atoms with Crippen LogP contribution in [0.25, 0.3) is 33.4 Å². The van der Waals surface area contributed by atoms with E-state index in [2.05, 4.69) is 21.1 Å². The van der Waals surface area contributed by atoms with E-state index >= 15 is 0 Å². The molecule has 0 fully saturated rings. The average molecular weight is 290 g/mol. The van der Waals surface area contributed by atoms with Crippen molar-refractivity contribution in [2.24, 2.45) is 7.05 Å². The van der Waals surface area contributed by atoms with Crippen LogP contribution >= 0.6 is 0 Å². The van der Waals surface area contributed by atoms with Crippen LogP contribution in [-0.2, 0) is 7.05 Å². The Bertz CT molecular complexity index is 968. The van der Waals surface area contributed by atoms with Crippen LogP contribution in [0.5, 0.6) is 5.75 Å². The van der Waals surface area contributed by atoms with E-state index in [-0.39, 0.29) is 5.75 Å². The summed E-state index contributed by atoms with van der Waals surface area (Å²) in [6.07, 6.45) is 5.53. The maximum atomic E-state index is 9.65. The van der Waals surface area contributed by atoms with Crippen molar-refractivity contribution >= 4 is 11.0 Å². The SMILES string of the molecule is Cn1nccc1-c1c[nH]c2ncc(-c3cccc(O)c3)cc12. The molecule has 108 valence electrons. The number of fused-ring (bicyclic) bond motifs is 1. The van der Waals surface area contributed by atoms with Crippen molar-refractivity contribution in [3.8, 4) is 28.1 Å². The number of nitrogens with one attached hydrogen (secondary N) is 1. The van der Waals surface area contributed by atoms with Crippen LogP contribution in [-0.4, -0.2) is 24.9 Å². The Morgan fingerprint density at radius 2 is 2.05 bits per heavy atom. The summed E-state index contributed by atoms with van der Waals surface area (Å²) in [5.74, 6) is 0.249. The Kier molecular flexibility index (Phi) is 2.72. The zero-order chi connectivity index (χ0) is 15.1. The number of H-pyrrole nitrogens is 1. The first-order valence-corrected chi connectivity index (χ1v) is 6.97. The molecule has 0 aliphatic heterocycles. The molecule has 0 saturated heterocycles. The van der Waals surface area contributed by atoms with Gasteiger partial charge in [-0.05, 0) is 29.8 Å². The number of aromatic amines is 1. The number of aromatic hydroxyl groups is 1. The summed E-state index contributed by atoms with van der Waals surface area (Å²) in [5.41, 5.74) is 4.82. The lowest BCUT2D eigenvalue weighted by Crippen LogP contribution is -1.92. The van der Waals surface area contributed by atoms with Gasteiger partial charge in [0, 0.05) is 42.2 Å². The Morgan fingerprint density at radius 3 is 2.82 bits per heavy atom. The molecule has 3 aromatic heterocycles. The van der Waals surface area contributed by atoms with Crippen LogP contribution in [0.1, 0.15) is 0 Å². The highest BCUT2D eigenvalue weighted by Crippen LogP contribution is 2.31. The number of hydrogen-bond acceptors (Lipinski definition) is 3. The molecule has 5 heteroatoms. The van der Waals surface area contributed by atoms with Gasteiger partial charge in [0.1, 0.15) is 11.4 Å². The number of rotatable bonds is 2. The fourth-order valence-corrected chi connectivity index (χ4v) is 2.70. The van der Waals surface area contributed by atoms with Gasteiger partial charge in [-0.1, -0.05) is 12.1 Å². The van der Waals surface area contributed by atoms with E-state index in [0.717, 1.165) is 33.4 Å². The number of phenols is 1. The molecule has 2 N–H and O–H groups in total. The molecule has 0 atom stereocenters. The second-order valence-corrected chi connectivity index (χ2v) is 5.21. The maximum Gasteiger partial charge on any atom is 0.137 e. The lowest BCUT2D eigenvalue weighted by molar-refractivity contribution is 0.475. The summed E-state index contributed by atoms with van der Waals surface area (Å²) in [4.78, 5) is 7.67. The molecule has 0 amide bonds. The summed E-state index contributed by atoms with van der Waals surface area (Å²) in [7, 11) is 1.92. The monoisotopic (exact) mass is 290 g/mol. The van der Waals surface area contributed by atoms with E-state index in [1.165, 1.54) is 0 Å². The van der Waals surface area contributed by atoms with Crippen molar-refractivity contribution in [1.29, 1.82) is 0 Å². The van der Waals surface area contributed by atoms with Gasteiger partial charge in [-0.2, -0.15) is 5.10 Å². The third-order valence-corrected chi connectivity index (χ3v) is 3.81. The van der Waals surface area contributed by atoms with Gasteiger partial charge in [0.2, 0.25) is 0 Å². The van der Waals surface area contributed by atoms with Gasteiger partial charge >= 0.3 is 0 Å². The number of pyridine rings is 1. The number of aryl methyl sites for hydroxylation is 1. The maximum absolute atomic E-state index is 9.65. The van der Waals surface area contributed by atoms with Gasteiger partial charge in [-0.25, -0.2) is 4.98 Å². The molecule has 1 aromatic carbocycles. The van der Waals surface area contributed by atoms with Crippen molar-refractivity contribution in [2.45, 2.75) is 0 Å². The molecule has 4 aromatic rings. The molecule has 3 heterocycles. The van der Waals surface area contributed by atoms with Crippen molar-refractivity contribution in [1.82, 2.24) is 19.7 Å². The molecular formula is C17H14N4O. The zero-order valence-electron chi connectivity index (χ0n) is 12.0. The lowest BCUT2D eigenvalue weighted by Gasteiger charge is -2.04. The van der Waals surface area contributed by atoms with E-state index in [0.29, 0.717) is 0 Å². The molecule has 0 saturated carbocycles. The summed E-state index contributed by atoms with van der Waals surface area (Å²) in [6.45, 7) is 0. The fourth-order valence-electron chi connectivity index (χ4n) is 2.70. The zero-order valence-corrected chi connectivity index (χ0v) is 12.0. The molecular weight excluding hydrogens is 276 g/mol. The predicted octanol–water partition coefficient (Wildman–Crippen LogP) is 3.34. The Labute approximate surface area is 126 Å². The summed E-state index contributed by atoms with van der Waals surface area (Å²) < 4.78 is 1.84. The van der Waals surface area contributed by atoms with Gasteiger partial charge in [0.05, 0.1) is 5.69 Å². The van der Waals surface area contributed by atoms with E-state index in [1.54, 1.807) is 24.5 Å². The van der Waals surface area contributed by atoms with Gasteiger partial charge in [-0.3, -0.25) is 4.68 Å². The second kappa shape index (κ2) is 4.73. The number of phenolic OH excluding ortho intramolecular Hbond substituents is 1. The summed E-state index contributed by atoms with van der Waals surface area (Å²) >= 11 is 0. The number of hydrogen-bond donors (Lipinski definition) is 2. The highest BCUT2D eigenvalue weighted by molar-refractivity contribution is 5.95. The van der Waals surface area contributed by atoms with Gasteiger partial charge < -0.3 is 10.1 Å². The van der Waals surface area contributed by atoms with Crippen molar-refractivity contribution in [3.63, 3.8) is 0 Å². The first-order chi connectivity index (χ1) is 10.7. The Balaban J connectivity index is 1.92. The predicted molar refractivity (Wildman–Crippen MR) is 85.4 cm³/mol. The van der Waals surface area contributed by atoms with E-state index in [4.69, 9.17) is 0 Å². The third-order valence-electron chi connectivity index (χ3n) is 3.81. The largest absolute Gasteiger partial charge is 0.508 e. The van der Waals surface area contributed by atoms with Crippen LogP contribution in [0, 0.1) is 0 Å². The number of aromatic nitrogens is 4. The topological polar surface area (TPSA) is 66.7 Å². The normalized spacial score (nSPS) is 11.1. The first kappa shape index (κ1) is 12.6. The molecule has 0 aliphatic carbocycles. The summed E-state index contributed by atoms with van der Waals surface area (Å²) in [6, 6.07) is 11.2. The van der Waals surface area contributed by atoms with Crippen LogP contribution in [0.15, 0.2) is 55.0 Å². The molecule has 0 unspecified atom stereocenters. The average Bonchev–Trinajstić information content (AvgIpc) is 3.12. The minimum atomic E-state index is 0.249. The Morgan fingerprint density at radius 1 is 1.14 bits per heavy atom. The van der Waals surface area contributed by atoms with Crippen molar-refractivity contribution in [2.75, 3.05) is 0 Å². The molecule has 0 bridgehead atoms. The molecule has 22 heavy (non-hydrogen) atoms. The van der Waals surface area contributed by atoms with Crippen LogP contribution in [0.4, 0.5) is 0 Å². The Hall–Kier alpha value is -3.08. The molecule has 0 spiro atoms. The van der Waals surface area contributed by atoms with Gasteiger partial charge in [0.25, 0.3) is 0 Å². The molecule has 4 rings (SSSR count). The van der Waals surface area contributed by atoms with Crippen molar-refractivity contribution in [3.05, 3.63) is 55.0 Å². The van der Waals surface area contributed by atoms with E-state index < -0.39 is 0 Å².